The zero-order valence-electron chi connectivity index (χ0n) is 25.8. The van der Waals surface area contributed by atoms with Crippen molar-refractivity contribution in [1.82, 2.24) is 10.3 Å². The third-order valence-corrected chi connectivity index (χ3v) is 8.73. The molecule has 0 bridgehead atoms. The predicted molar refractivity (Wildman–Crippen MR) is 192 cm³/mol. The number of carbonyl (C=O) groups excluding carboxylic acids is 3. The Hall–Kier alpha value is -6.46. The first-order valence-corrected chi connectivity index (χ1v) is 16.0. The van der Waals surface area contributed by atoms with E-state index in [1.165, 1.54) is 36.0 Å². The summed E-state index contributed by atoms with van der Waals surface area (Å²) in [5.74, 6) is -1.30. The summed E-state index contributed by atoms with van der Waals surface area (Å²) in [6, 6.07) is 38.2. The summed E-state index contributed by atoms with van der Waals surface area (Å²) in [7, 11) is 0. The zero-order valence-corrected chi connectivity index (χ0v) is 26.6. The third kappa shape index (κ3) is 8.10. The number of rotatable bonds is 11. The molecule has 0 aliphatic heterocycles. The Labute approximate surface area is 285 Å². The van der Waals surface area contributed by atoms with Crippen LogP contribution in [0, 0.1) is 10.1 Å². The Morgan fingerprint density at radius 2 is 1.45 bits per heavy atom. The number of benzene rings is 5. The molecule has 0 aliphatic rings. The van der Waals surface area contributed by atoms with Gasteiger partial charge in [-0.25, -0.2) is 0 Å². The van der Waals surface area contributed by atoms with Crippen LogP contribution in [0.5, 0.6) is 0 Å². The van der Waals surface area contributed by atoms with E-state index >= 15 is 0 Å². The number of hydrogen-bond acceptors (Lipinski definition) is 6. The molecule has 1 unspecified atom stereocenters. The van der Waals surface area contributed by atoms with Gasteiger partial charge in [0.1, 0.15) is 10.9 Å². The fraction of sp³-hybridized carbons (Fsp3) is 0.0263. The van der Waals surface area contributed by atoms with Gasteiger partial charge in [0.2, 0.25) is 5.91 Å². The Bertz CT molecular complexity index is 2170. The molecule has 11 heteroatoms. The van der Waals surface area contributed by atoms with Gasteiger partial charge in [0.25, 0.3) is 17.5 Å². The minimum absolute atomic E-state index is 0.0429. The summed E-state index contributed by atoms with van der Waals surface area (Å²) in [4.78, 5) is 54.9. The molecule has 1 aromatic heterocycles. The number of non-ortho nitro benzene ring substituents is 1. The van der Waals surface area contributed by atoms with Crippen molar-refractivity contribution in [2.24, 2.45) is 0 Å². The number of anilines is 2. The molecule has 1 atom stereocenters. The van der Waals surface area contributed by atoms with Crippen molar-refractivity contribution < 1.29 is 19.3 Å². The maximum absolute atomic E-state index is 13.8. The SMILES string of the molecule is O=C(Nc1cccc(SC(C(=O)Nc2ccc([N+](=O)[O-])cc2)c2ccccc2)c1)/C(=C/c1c[nH]c2ccccc12)NC(=O)c1ccccc1. The molecule has 242 valence electrons. The van der Waals surface area contributed by atoms with Gasteiger partial charge < -0.3 is 20.9 Å². The van der Waals surface area contributed by atoms with Crippen molar-refractivity contribution in [3.05, 3.63) is 172 Å². The fourth-order valence-corrected chi connectivity index (χ4v) is 6.15. The third-order valence-electron chi connectivity index (χ3n) is 7.48. The predicted octanol–water partition coefficient (Wildman–Crippen LogP) is 7.96. The Morgan fingerprint density at radius 3 is 2.18 bits per heavy atom. The van der Waals surface area contributed by atoms with Crippen LogP contribution < -0.4 is 16.0 Å². The van der Waals surface area contributed by atoms with Crippen LogP contribution in [0.2, 0.25) is 0 Å². The zero-order chi connectivity index (χ0) is 34.2. The number of nitro groups is 1. The highest BCUT2D eigenvalue weighted by molar-refractivity contribution is 8.00. The number of hydrogen-bond donors (Lipinski definition) is 4. The number of aromatic amines is 1. The molecule has 0 saturated carbocycles. The van der Waals surface area contributed by atoms with Crippen molar-refractivity contribution in [2.75, 3.05) is 10.6 Å². The summed E-state index contributed by atoms with van der Waals surface area (Å²) in [5, 5.41) is 19.8. The van der Waals surface area contributed by atoms with E-state index in [9.17, 15) is 24.5 Å². The van der Waals surface area contributed by atoms with E-state index in [1.807, 2.05) is 60.7 Å². The first-order valence-electron chi connectivity index (χ1n) is 15.2. The topological polar surface area (TPSA) is 146 Å². The minimum atomic E-state index is -0.690. The van der Waals surface area contributed by atoms with E-state index in [2.05, 4.69) is 20.9 Å². The van der Waals surface area contributed by atoms with Gasteiger partial charge in [-0.2, -0.15) is 0 Å². The largest absolute Gasteiger partial charge is 0.361 e. The summed E-state index contributed by atoms with van der Waals surface area (Å²) >= 11 is 1.28. The fourth-order valence-electron chi connectivity index (χ4n) is 5.07. The highest BCUT2D eigenvalue weighted by Crippen LogP contribution is 2.37. The van der Waals surface area contributed by atoms with Gasteiger partial charge in [-0.05, 0) is 60.2 Å². The standard InChI is InChI=1S/C38H29N5O5S/c44-36(26-12-5-2-6-13-26)42-34(22-27-24-39-33-17-8-7-16-32(27)33)37(45)41-29-14-9-15-31(23-29)49-35(25-10-3-1-4-11-25)38(46)40-28-18-20-30(21-19-28)43(47)48/h1-24,35,39H,(H,40,46)(H,41,45)(H,42,44)/b34-22-. The Balaban J connectivity index is 1.24. The lowest BCUT2D eigenvalue weighted by Crippen LogP contribution is -2.30. The number of aromatic nitrogens is 1. The highest BCUT2D eigenvalue weighted by Gasteiger charge is 2.23. The average molecular weight is 668 g/mol. The van der Waals surface area contributed by atoms with E-state index in [4.69, 9.17) is 0 Å². The number of amides is 3. The van der Waals surface area contributed by atoms with E-state index in [0.29, 0.717) is 21.8 Å². The van der Waals surface area contributed by atoms with Crippen LogP contribution in [-0.4, -0.2) is 27.6 Å². The maximum atomic E-state index is 13.8. The molecule has 49 heavy (non-hydrogen) atoms. The van der Waals surface area contributed by atoms with Crippen LogP contribution in [0.15, 0.2) is 150 Å². The molecule has 0 fully saturated rings. The van der Waals surface area contributed by atoms with E-state index in [0.717, 1.165) is 22.0 Å². The van der Waals surface area contributed by atoms with Crippen molar-refractivity contribution in [1.29, 1.82) is 0 Å². The van der Waals surface area contributed by atoms with E-state index in [-0.39, 0.29) is 17.3 Å². The van der Waals surface area contributed by atoms with E-state index in [1.54, 1.807) is 60.8 Å². The summed E-state index contributed by atoms with van der Waals surface area (Å²) in [6.45, 7) is 0. The van der Waals surface area contributed by atoms with Gasteiger partial charge in [-0.15, -0.1) is 11.8 Å². The number of carbonyl (C=O) groups is 3. The normalized spacial score (nSPS) is 11.8. The number of nitrogens with one attached hydrogen (secondary N) is 4. The molecule has 5 aromatic carbocycles. The molecule has 6 rings (SSSR count). The van der Waals surface area contributed by atoms with Gasteiger partial charge in [-0.3, -0.25) is 24.5 Å². The van der Waals surface area contributed by atoms with Crippen LogP contribution in [0.1, 0.15) is 26.7 Å². The monoisotopic (exact) mass is 667 g/mol. The van der Waals surface area contributed by atoms with Crippen molar-refractivity contribution in [2.45, 2.75) is 10.1 Å². The number of nitro benzene ring substituents is 1. The van der Waals surface area contributed by atoms with Crippen LogP contribution in [0.3, 0.4) is 0 Å². The number of nitrogens with zero attached hydrogens (tertiary/aromatic N) is 1. The molecular weight excluding hydrogens is 639 g/mol. The molecule has 0 aliphatic carbocycles. The number of H-pyrrole nitrogens is 1. The maximum Gasteiger partial charge on any atom is 0.272 e. The lowest BCUT2D eigenvalue weighted by atomic mass is 10.1. The molecule has 0 radical (unpaired) electrons. The lowest BCUT2D eigenvalue weighted by molar-refractivity contribution is -0.384. The molecule has 0 saturated heterocycles. The second-order valence-electron chi connectivity index (χ2n) is 10.9. The number of thioether (sulfide) groups is 1. The quantitative estimate of drug-likeness (QED) is 0.0477. The molecule has 0 spiro atoms. The van der Waals surface area contributed by atoms with Crippen molar-refractivity contribution in [3.63, 3.8) is 0 Å². The minimum Gasteiger partial charge on any atom is -0.361 e. The Kier molecular flexibility index (Phi) is 9.92. The lowest BCUT2D eigenvalue weighted by Gasteiger charge is -2.18. The first kappa shape index (κ1) is 32.5. The smallest absolute Gasteiger partial charge is 0.272 e. The summed E-state index contributed by atoms with van der Waals surface area (Å²) < 4.78 is 0. The Morgan fingerprint density at radius 1 is 0.755 bits per heavy atom. The second-order valence-corrected chi connectivity index (χ2v) is 12.0. The summed E-state index contributed by atoms with van der Waals surface area (Å²) in [6.07, 6.45) is 3.40. The van der Waals surface area contributed by atoms with Gasteiger partial charge in [-0.1, -0.05) is 72.8 Å². The van der Waals surface area contributed by atoms with Gasteiger partial charge in [0.05, 0.1) is 4.92 Å². The van der Waals surface area contributed by atoms with Crippen molar-refractivity contribution in [3.8, 4) is 0 Å². The first-order chi connectivity index (χ1) is 23.8. The van der Waals surface area contributed by atoms with Crippen molar-refractivity contribution >= 4 is 63.5 Å². The average Bonchev–Trinajstić information content (AvgIpc) is 3.54. The second kappa shape index (κ2) is 15.0. The molecule has 1 heterocycles. The molecular formula is C38H29N5O5S. The number of para-hydroxylation sites is 1. The summed E-state index contributed by atoms with van der Waals surface area (Å²) in [5.41, 5.74) is 3.60. The molecule has 3 amide bonds. The van der Waals surface area contributed by atoms with Gasteiger partial charge >= 0.3 is 0 Å². The molecule has 6 aromatic rings. The van der Waals surface area contributed by atoms with Crippen LogP contribution in [0.4, 0.5) is 17.1 Å². The van der Waals surface area contributed by atoms with Crippen LogP contribution in [-0.2, 0) is 9.59 Å². The van der Waals surface area contributed by atoms with Crippen LogP contribution >= 0.6 is 11.8 Å². The van der Waals surface area contributed by atoms with Crippen LogP contribution in [0.25, 0.3) is 17.0 Å². The number of fused-ring (bicyclic) bond motifs is 1. The molecule has 10 nitrogen and oxygen atoms in total. The van der Waals surface area contributed by atoms with E-state index < -0.39 is 22.0 Å². The highest BCUT2D eigenvalue weighted by atomic mass is 32.2. The van der Waals surface area contributed by atoms with Gasteiger partial charge in [0, 0.05) is 56.6 Å². The van der Waals surface area contributed by atoms with Gasteiger partial charge in [0.15, 0.2) is 0 Å². The molecule has 4 N–H and O–H groups in total.